The van der Waals surface area contributed by atoms with E-state index < -0.39 is 5.79 Å². The summed E-state index contributed by atoms with van der Waals surface area (Å²) < 4.78 is 11.4. The molecule has 2 bridgehead atoms. The third-order valence-corrected chi connectivity index (χ3v) is 6.67. The Morgan fingerprint density at radius 2 is 1.95 bits per heavy atom. The van der Waals surface area contributed by atoms with Crippen molar-refractivity contribution in [1.29, 1.82) is 0 Å². The lowest BCUT2D eigenvalue weighted by Gasteiger charge is -2.49. The third kappa shape index (κ3) is 2.13. The molecular formula is C15H24O3P2. The van der Waals surface area contributed by atoms with E-state index in [-0.39, 0.29) is 23.0 Å². The van der Waals surface area contributed by atoms with Gasteiger partial charge in [0.05, 0.1) is 0 Å². The van der Waals surface area contributed by atoms with Crippen LogP contribution in [0.2, 0.25) is 0 Å². The highest BCUT2D eigenvalue weighted by Gasteiger charge is 2.62. The molecule has 5 unspecified atom stereocenters. The first kappa shape index (κ1) is 15.1. The van der Waals surface area contributed by atoms with Gasteiger partial charge in [0.2, 0.25) is 0 Å². The molecule has 3 aliphatic rings. The standard InChI is InChI=1S/C15H24O3P2/c1-10-4-6-14-5-2-3-11(12(16)9-10)13(14)15(17-19,18-20)8-7-14/h9,11,13H,2-8,19-20H2,1H3/b10-9-. The highest BCUT2D eigenvalue weighted by atomic mass is 31.0. The summed E-state index contributed by atoms with van der Waals surface area (Å²) >= 11 is 0. The number of hydrogen-bond donors (Lipinski definition) is 0. The minimum Gasteiger partial charge on any atom is -0.333 e. The topological polar surface area (TPSA) is 35.5 Å². The van der Waals surface area contributed by atoms with Gasteiger partial charge in [-0.25, -0.2) is 0 Å². The molecule has 0 amide bonds. The predicted molar refractivity (Wildman–Crippen MR) is 84.8 cm³/mol. The van der Waals surface area contributed by atoms with E-state index in [0.29, 0.717) is 0 Å². The summed E-state index contributed by atoms with van der Waals surface area (Å²) in [7, 11) is 4.74. The normalized spacial score (nSPS) is 42.4. The molecule has 3 nitrogen and oxygen atoms in total. The molecule has 0 aromatic rings. The predicted octanol–water partition coefficient (Wildman–Crippen LogP) is 3.80. The van der Waals surface area contributed by atoms with Crippen LogP contribution < -0.4 is 0 Å². The fourth-order valence-corrected chi connectivity index (χ4v) is 5.68. The van der Waals surface area contributed by atoms with Gasteiger partial charge in [-0.2, -0.15) is 0 Å². The summed E-state index contributed by atoms with van der Waals surface area (Å²) in [6, 6.07) is 0. The second-order valence-corrected chi connectivity index (χ2v) is 7.25. The van der Waals surface area contributed by atoms with Crippen LogP contribution >= 0.6 is 18.9 Å². The zero-order chi connectivity index (χ0) is 14.4. The molecule has 0 saturated heterocycles. The van der Waals surface area contributed by atoms with Gasteiger partial charge in [-0.15, -0.1) is 0 Å². The van der Waals surface area contributed by atoms with Crippen LogP contribution in [0.4, 0.5) is 0 Å². The molecule has 5 heteroatoms. The van der Waals surface area contributed by atoms with Crippen molar-refractivity contribution >= 4 is 24.7 Å². The molecule has 112 valence electrons. The number of carbonyl (C=O) groups is 1. The van der Waals surface area contributed by atoms with Gasteiger partial charge in [0, 0.05) is 37.2 Å². The summed E-state index contributed by atoms with van der Waals surface area (Å²) in [4.78, 5) is 12.6. The van der Waals surface area contributed by atoms with Gasteiger partial charge in [0.15, 0.2) is 11.6 Å². The van der Waals surface area contributed by atoms with Gasteiger partial charge in [0.25, 0.3) is 0 Å². The number of allylic oxidation sites excluding steroid dienone is 2. The fourth-order valence-electron chi connectivity index (χ4n) is 4.93. The second-order valence-electron chi connectivity index (χ2n) is 6.78. The Morgan fingerprint density at radius 3 is 2.65 bits per heavy atom. The summed E-state index contributed by atoms with van der Waals surface area (Å²) in [5, 5.41) is 0. The average molecular weight is 314 g/mol. The smallest absolute Gasteiger partial charge is 0.178 e. The van der Waals surface area contributed by atoms with E-state index >= 15 is 0 Å². The zero-order valence-corrected chi connectivity index (χ0v) is 14.4. The number of hydrogen-bond acceptors (Lipinski definition) is 3. The summed E-state index contributed by atoms with van der Waals surface area (Å²) in [6.07, 6.45) is 9.38. The quantitative estimate of drug-likeness (QED) is 0.574. The van der Waals surface area contributed by atoms with Gasteiger partial charge in [-0.05, 0) is 50.5 Å². The number of ketones is 1. The largest absolute Gasteiger partial charge is 0.333 e. The Hall–Kier alpha value is 0.190. The summed E-state index contributed by atoms with van der Waals surface area (Å²) in [5.41, 5.74) is 1.46. The van der Waals surface area contributed by atoms with Crippen LogP contribution in [-0.2, 0) is 13.8 Å². The molecule has 20 heavy (non-hydrogen) atoms. The Labute approximate surface area is 125 Å². The van der Waals surface area contributed by atoms with Gasteiger partial charge < -0.3 is 9.05 Å². The lowest BCUT2D eigenvalue weighted by atomic mass is 9.58. The van der Waals surface area contributed by atoms with Crippen molar-refractivity contribution in [3.8, 4) is 0 Å². The van der Waals surface area contributed by atoms with Crippen molar-refractivity contribution in [2.75, 3.05) is 0 Å². The monoisotopic (exact) mass is 314 g/mol. The van der Waals surface area contributed by atoms with Crippen LogP contribution in [0.5, 0.6) is 0 Å². The molecule has 0 aliphatic heterocycles. The van der Waals surface area contributed by atoms with Gasteiger partial charge in [-0.1, -0.05) is 12.0 Å². The molecule has 0 N–H and O–H groups in total. The van der Waals surface area contributed by atoms with Crippen molar-refractivity contribution in [2.45, 2.75) is 57.7 Å². The molecule has 0 heterocycles. The van der Waals surface area contributed by atoms with E-state index in [0.717, 1.165) is 38.5 Å². The highest BCUT2D eigenvalue weighted by Crippen LogP contribution is 2.64. The lowest BCUT2D eigenvalue weighted by molar-refractivity contribution is -0.172. The van der Waals surface area contributed by atoms with Crippen molar-refractivity contribution in [3.63, 3.8) is 0 Å². The molecular weight excluding hydrogens is 290 g/mol. The van der Waals surface area contributed by atoms with Crippen molar-refractivity contribution < 1.29 is 13.8 Å². The molecule has 2 fully saturated rings. The molecule has 0 aromatic carbocycles. The van der Waals surface area contributed by atoms with E-state index in [1.165, 1.54) is 12.0 Å². The fraction of sp³-hybridized carbons (Fsp3) is 0.800. The van der Waals surface area contributed by atoms with E-state index in [1.807, 2.05) is 6.08 Å². The van der Waals surface area contributed by atoms with Gasteiger partial charge in [0.1, 0.15) is 0 Å². The van der Waals surface area contributed by atoms with Crippen LogP contribution in [-0.4, -0.2) is 11.6 Å². The van der Waals surface area contributed by atoms with Crippen molar-refractivity contribution in [3.05, 3.63) is 11.6 Å². The molecule has 0 spiro atoms. The third-order valence-electron chi connectivity index (χ3n) is 5.87. The van der Waals surface area contributed by atoms with Crippen molar-refractivity contribution in [1.82, 2.24) is 0 Å². The minimum atomic E-state index is -0.616. The van der Waals surface area contributed by atoms with E-state index in [1.54, 1.807) is 0 Å². The Kier molecular flexibility index (Phi) is 4.10. The number of rotatable bonds is 2. The van der Waals surface area contributed by atoms with Gasteiger partial charge in [-0.3, -0.25) is 4.79 Å². The minimum absolute atomic E-state index is 0.0580. The van der Waals surface area contributed by atoms with Crippen molar-refractivity contribution in [2.24, 2.45) is 17.3 Å². The van der Waals surface area contributed by atoms with Crippen LogP contribution in [0.3, 0.4) is 0 Å². The first-order valence-electron chi connectivity index (χ1n) is 7.54. The molecule has 3 rings (SSSR count). The van der Waals surface area contributed by atoms with Crippen LogP contribution in [0.1, 0.15) is 51.9 Å². The van der Waals surface area contributed by atoms with Crippen LogP contribution in [0, 0.1) is 17.3 Å². The summed E-state index contributed by atoms with van der Waals surface area (Å²) in [6.45, 7) is 2.09. The highest BCUT2D eigenvalue weighted by molar-refractivity contribution is 7.10. The van der Waals surface area contributed by atoms with E-state index in [4.69, 9.17) is 9.05 Å². The first-order chi connectivity index (χ1) is 9.57. The van der Waals surface area contributed by atoms with E-state index in [2.05, 4.69) is 25.9 Å². The number of carbonyl (C=O) groups excluding carboxylic acids is 1. The molecule has 2 saturated carbocycles. The molecule has 5 atom stereocenters. The summed E-state index contributed by atoms with van der Waals surface area (Å²) in [5.74, 6) is -0.0836. The Morgan fingerprint density at radius 1 is 1.20 bits per heavy atom. The zero-order valence-electron chi connectivity index (χ0n) is 12.1. The SMILES string of the molecule is C/C1=C/C(=O)C2CCCC3(CC1)CCC(OP)(OP)C23. The van der Waals surface area contributed by atoms with Crippen LogP contribution in [0.25, 0.3) is 0 Å². The lowest BCUT2D eigenvalue weighted by Crippen LogP contribution is -2.50. The van der Waals surface area contributed by atoms with E-state index in [9.17, 15) is 4.79 Å². The maximum atomic E-state index is 12.6. The van der Waals surface area contributed by atoms with Gasteiger partial charge >= 0.3 is 0 Å². The molecule has 0 aromatic heterocycles. The average Bonchev–Trinajstić information content (AvgIpc) is 2.80. The molecule has 3 aliphatic carbocycles. The molecule has 0 radical (unpaired) electrons. The Balaban J connectivity index is 2.07. The maximum Gasteiger partial charge on any atom is 0.178 e. The second kappa shape index (κ2) is 5.43. The first-order valence-corrected chi connectivity index (χ1v) is 8.48. The Bertz CT molecular complexity index is 444. The maximum absolute atomic E-state index is 12.6. The van der Waals surface area contributed by atoms with Crippen LogP contribution in [0.15, 0.2) is 11.6 Å².